The van der Waals surface area contributed by atoms with Crippen molar-refractivity contribution in [2.75, 3.05) is 6.54 Å². The second-order valence-corrected chi connectivity index (χ2v) is 3.65. The summed E-state index contributed by atoms with van der Waals surface area (Å²) in [6.07, 6.45) is 0. The minimum absolute atomic E-state index is 0.750. The van der Waals surface area contributed by atoms with E-state index in [2.05, 4.69) is 4.99 Å². The van der Waals surface area contributed by atoms with Crippen LogP contribution in [0.4, 0.5) is 5.69 Å². The summed E-state index contributed by atoms with van der Waals surface area (Å²) in [5, 5.41) is 0. The van der Waals surface area contributed by atoms with Crippen LogP contribution in [0, 0.1) is 0 Å². The van der Waals surface area contributed by atoms with Gasteiger partial charge in [0.15, 0.2) is 0 Å². The van der Waals surface area contributed by atoms with E-state index in [9.17, 15) is 4.21 Å². The molecule has 13 heavy (non-hydrogen) atoms. The number of hydrogen-bond donors (Lipinski definition) is 1. The maximum atomic E-state index is 11.0. The van der Waals surface area contributed by atoms with Gasteiger partial charge >= 0.3 is 0 Å². The Morgan fingerprint density at radius 2 is 2.08 bits per heavy atom. The Hall–Kier alpha value is -1.00. The largest absolute Gasteiger partial charge is 0.331 e. The van der Waals surface area contributed by atoms with E-state index in [0.717, 1.165) is 17.1 Å². The Morgan fingerprint density at radius 1 is 1.46 bits per heavy atom. The molecule has 1 aliphatic rings. The lowest BCUT2D eigenvalue weighted by Crippen LogP contribution is -1.87. The Kier molecular flexibility index (Phi) is 3.79. The van der Waals surface area contributed by atoms with Gasteiger partial charge in [0.05, 0.1) is 26.9 Å². The third-order valence-electron chi connectivity index (χ3n) is 1.37. The number of hydrogen-bond acceptors (Lipinski definition) is 3. The highest BCUT2D eigenvalue weighted by atomic mass is 32.2. The van der Waals surface area contributed by atoms with E-state index in [1.807, 2.05) is 31.2 Å². The van der Waals surface area contributed by atoms with Crippen molar-refractivity contribution in [2.45, 2.75) is 11.8 Å². The van der Waals surface area contributed by atoms with Crippen LogP contribution in [0.25, 0.3) is 0 Å². The summed E-state index contributed by atoms with van der Waals surface area (Å²) in [6.45, 7) is 2.65. The van der Waals surface area contributed by atoms with Crippen molar-refractivity contribution >= 4 is 22.0 Å². The molecule has 0 saturated heterocycles. The minimum atomic E-state index is -0.989. The molecular formula is C9H12N2OS. The number of rotatable bonds is 0. The van der Waals surface area contributed by atoms with Crippen LogP contribution in [-0.2, 0) is 10.8 Å². The van der Waals surface area contributed by atoms with Crippen LogP contribution in [0.2, 0.25) is 0 Å². The molecular weight excluding hydrogens is 184 g/mol. The summed E-state index contributed by atoms with van der Waals surface area (Å²) in [7, 11) is -0.989. The van der Waals surface area contributed by atoms with Crippen LogP contribution in [0.15, 0.2) is 34.2 Å². The van der Waals surface area contributed by atoms with Crippen LogP contribution >= 0.6 is 0 Å². The highest BCUT2D eigenvalue weighted by molar-refractivity contribution is 7.99. The topological polar surface area (TPSA) is 55.5 Å². The third-order valence-corrected chi connectivity index (χ3v) is 2.45. The number of nitrogens with zero attached hydrogens (tertiary/aromatic N) is 1. The van der Waals surface area contributed by atoms with Crippen LogP contribution in [0.1, 0.15) is 6.92 Å². The smallest absolute Gasteiger partial charge is 0.0984 e. The van der Waals surface area contributed by atoms with Crippen LogP contribution in [0.3, 0.4) is 0 Å². The third kappa shape index (κ3) is 2.47. The molecule has 70 valence electrons. The predicted molar refractivity (Wildman–Crippen MR) is 55.7 cm³/mol. The SMILES string of the molecule is CCN.O=S1C=Nc2ccccc21. The standard InChI is InChI=1S/C7H5NOS.C2H7N/c9-10-5-8-6-3-1-2-4-7(6)10;1-2-3/h1-5H;2-3H2,1H3. The van der Waals surface area contributed by atoms with E-state index in [0.29, 0.717) is 0 Å². The molecule has 0 fully saturated rings. The second kappa shape index (κ2) is 4.89. The van der Waals surface area contributed by atoms with Gasteiger partial charge in [-0.2, -0.15) is 0 Å². The summed E-state index contributed by atoms with van der Waals surface area (Å²) < 4.78 is 11.0. The molecule has 0 aliphatic carbocycles. The summed E-state index contributed by atoms with van der Waals surface area (Å²) in [5.74, 6) is 0. The fourth-order valence-corrected chi connectivity index (χ4v) is 1.76. The number of benzene rings is 1. The Bertz CT molecular complexity index is 336. The van der Waals surface area contributed by atoms with E-state index in [4.69, 9.17) is 5.73 Å². The molecule has 2 N–H and O–H groups in total. The predicted octanol–water partition coefficient (Wildman–Crippen LogP) is 1.43. The second-order valence-electron chi connectivity index (χ2n) is 2.41. The van der Waals surface area contributed by atoms with Gasteiger partial charge in [-0.25, -0.2) is 9.20 Å². The Labute approximate surface area is 80.1 Å². The highest BCUT2D eigenvalue weighted by Crippen LogP contribution is 2.25. The van der Waals surface area contributed by atoms with Gasteiger partial charge in [-0.1, -0.05) is 19.1 Å². The van der Waals surface area contributed by atoms with Gasteiger partial charge in [0.25, 0.3) is 0 Å². The van der Waals surface area contributed by atoms with Crippen LogP contribution in [0.5, 0.6) is 0 Å². The number of para-hydroxylation sites is 1. The fraction of sp³-hybridized carbons (Fsp3) is 0.222. The lowest BCUT2D eigenvalue weighted by Gasteiger charge is -1.90. The quantitative estimate of drug-likeness (QED) is 0.682. The van der Waals surface area contributed by atoms with Gasteiger partial charge in [-0.3, -0.25) is 0 Å². The molecule has 0 bridgehead atoms. The molecule has 1 aromatic rings. The summed E-state index contributed by atoms with van der Waals surface area (Å²) >= 11 is 0. The average Bonchev–Trinajstić information content (AvgIpc) is 2.50. The zero-order valence-corrected chi connectivity index (χ0v) is 8.25. The van der Waals surface area contributed by atoms with Gasteiger partial charge in [-0.15, -0.1) is 0 Å². The number of nitrogens with two attached hydrogens (primary N) is 1. The molecule has 1 unspecified atom stereocenters. The first-order chi connectivity index (χ1) is 6.29. The Balaban J connectivity index is 0.000000251. The van der Waals surface area contributed by atoms with Gasteiger partial charge < -0.3 is 5.73 Å². The molecule has 4 heteroatoms. The van der Waals surface area contributed by atoms with Gasteiger partial charge in [0.2, 0.25) is 0 Å². The molecule has 1 aliphatic heterocycles. The van der Waals surface area contributed by atoms with Crippen LogP contribution in [-0.4, -0.2) is 16.3 Å². The molecule has 1 heterocycles. The van der Waals surface area contributed by atoms with E-state index >= 15 is 0 Å². The Morgan fingerprint density at radius 3 is 2.69 bits per heavy atom. The first kappa shape index (κ1) is 10.1. The molecule has 1 aromatic carbocycles. The monoisotopic (exact) mass is 196 g/mol. The van der Waals surface area contributed by atoms with Crippen molar-refractivity contribution in [3.63, 3.8) is 0 Å². The van der Waals surface area contributed by atoms with E-state index in [-0.39, 0.29) is 0 Å². The number of aliphatic imine (C=N–C) groups is 1. The van der Waals surface area contributed by atoms with Gasteiger partial charge in [0.1, 0.15) is 0 Å². The first-order valence-corrected chi connectivity index (χ1v) is 5.24. The summed E-state index contributed by atoms with van der Waals surface area (Å²) in [4.78, 5) is 4.78. The number of fused-ring (bicyclic) bond motifs is 1. The zero-order chi connectivity index (χ0) is 9.68. The van der Waals surface area contributed by atoms with Crippen molar-refractivity contribution in [1.29, 1.82) is 0 Å². The minimum Gasteiger partial charge on any atom is -0.331 e. The lowest BCUT2D eigenvalue weighted by atomic mass is 10.3. The maximum Gasteiger partial charge on any atom is 0.0984 e. The molecule has 0 aromatic heterocycles. The van der Waals surface area contributed by atoms with Crippen molar-refractivity contribution in [2.24, 2.45) is 10.7 Å². The first-order valence-electron chi connectivity index (χ1n) is 4.03. The van der Waals surface area contributed by atoms with E-state index in [1.54, 1.807) is 0 Å². The molecule has 0 spiro atoms. The summed E-state index contributed by atoms with van der Waals surface area (Å²) in [6, 6.07) is 7.44. The highest BCUT2D eigenvalue weighted by Gasteiger charge is 2.11. The van der Waals surface area contributed by atoms with Crippen molar-refractivity contribution in [1.82, 2.24) is 0 Å². The van der Waals surface area contributed by atoms with Gasteiger partial charge in [0, 0.05) is 0 Å². The maximum absolute atomic E-state index is 11.0. The van der Waals surface area contributed by atoms with Crippen LogP contribution < -0.4 is 5.73 Å². The lowest BCUT2D eigenvalue weighted by molar-refractivity contribution is 0.691. The van der Waals surface area contributed by atoms with E-state index < -0.39 is 10.8 Å². The molecule has 0 radical (unpaired) electrons. The van der Waals surface area contributed by atoms with E-state index in [1.165, 1.54) is 5.55 Å². The average molecular weight is 196 g/mol. The van der Waals surface area contributed by atoms with Gasteiger partial charge in [-0.05, 0) is 18.7 Å². The molecule has 1 atom stereocenters. The molecule has 3 nitrogen and oxygen atoms in total. The fourth-order valence-electron chi connectivity index (χ4n) is 0.895. The summed E-state index contributed by atoms with van der Waals surface area (Å²) in [5.41, 5.74) is 7.14. The molecule has 0 amide bonds. The zero-order valence-electron chi connectivity index (χ0n) is 7.43. The van der Waals surface area contributed by atoms with Crippen molar-refractivity contribution < 1.29 is 4.21 Å². The normalized spacial score (nSPS) is 17.5. The van der Waals surface area contributed by atoms with Crippen molar-refractivity contribution in [3.05, 3.63) is 24.3 Å². The molecule has 2 rings (SSSR count). The molecule has 0 saturated carbocycles. The van der Waals surface area contributed by atoms with Crippen molar-refractivity contribution in [3.8, 4) is 0 Å².